The molecule has 0 aliphatic carbocycles. The smallest absolute Gasteiger partial charge is 0.0419 e. The maximum absolute atomic E-state index is 6.08. The summed E-state index contributed by atoms with van der Waals surface area (Å²) >= 11 is 0. The van der Waals surface area contributed by atoms with Gasteiger partial charge in [0.1, 0.15) is 0 Å². The Morgan fingerprint density at radius 3 is 2.43 bits per heavy atom. The van der Waals surface area contributed by atoms with Gasteiger partial charge in [-0.1, -0.05) is 26.8 Å². The number of rotatable bonds is 2. The number of hydrogen-bond donors (Lipinski definition) is 1. The molecular formula is C12H20N2. The fourth-order valence-corrected chi connectivity index (χ4v) is 1.15. The van der Waals surface area contributed by atoms with E-state index >= 15 is 0 Å². The van der Waals surface area contributed by atoms with Gasteiger partial charge in [0, 0.05) is 24.4 Å². The van der Waals surface area contributed by atoms with Gasteiger partial charge in [0.2, 0.25) is 0 Å². The molecule has 1 atom stereocenters. The zero-order chi connectivity index (χ0) is 10.8. The molecule has 2 N–H and O–H groups in total. The second-order valence-electron chi connectivity index (χ2n) is 5.00. The van der Waals surface area contributed by atoms with E-state index in [1.54, 1.807) is 0 Å². The van der Waals surface area contributed by atoms with Gasteiger partial charge in [0.25, 0.3) is 0 Å². The molecule has 0 aliphatic rings. The molecule has 1 heterocycles. The third kappa shape index (κ3) is 3.11. The SMILES string of the molecule is Cc1ccc(CC(N)C(C)(C)C)nc1. The minimum atomic E-state index is 0.145. The summed E-state index contributed by atoms with van der Waals surface area (Å²) in [6, 6.07) is 4.30. The van der Waals surface area contributed by atoms with E-state index in [2.05, 4.69) is 37.9 Å². The van der Waals surface area contributed by atoms with Crippen molar-refractivity contribution in [1.29, 1.82) is 0 Å². The van der Waals surface area contributed by atoms with Crippen LogP contribution in [0.1, 0.15) is 32.0 Å². The quantitative estimate of drug-likeness (QED) is 0.781. The highest BCUT2D eigenvalue weighted by Crippen LogP contribution is 2.19. The van der Waals surface area contributed by atoms with Crippen molar-refractivity contribution in [3.8, 4) is 0 Å². The minimum absolute atomic E-state index is 0.145. The third-order valence-electron chi connectivity index (χ3n) is 2.51. The van der Waals surface area contributed by atoms with Crippen LogP contribution in [0.5, 0.6) is 0 Å². The number of aryl methyl sites for hydroxylation is 1. The second-order valence-corrected chi connectivity index (χ2v) is 5.00. The number of nitrogens with zero attached hydrogens (tertiary/aromatic N) is 1. The lowest BCUT2D eigenvalue weighted by molar-refractivity contribution is 0.317. The van der Waals surface area contributed by atoms with E-state index < -0.39 is 0 Å². The average Bonchev–Trinajstić information content (AvgIpc) is 2.07. The van der Waals surface area contributed by atoms with Crippen molar-refractivity contribution in [1.82, 2.24) is 4.98 Å². The Morgan fingerprint density at radius 2 is 2.00 bits per heavy atom. The van der Waals surface area contributed by atoms with Crippen molar-refractivity contribution in [2.75, 3.05) is 0 Å². The van der Waals surface area contributed by atoms with Gasteiger partial charge < -0.3 is 5.73 Å². The van der Waals surface area contributed by atoms with Gasteiger partial charge in [0.15, 0.2) is 0 Å². The van der Waals surface area contributed by atoms with Gasteiger partial charge in [-0.25, -0.2) is 0 Å². The van der Waals surface area contributed by atoms with Crippen LogP contribution in [-0.4, -0.2) is 11.0 Å². The van der Waals surface area contributed by atoms with Crippen LogP contribution in [0, 0.1) is 12.3 Å². The first-order valence-corrected chi connectivity index (χ1v) is 5.06. The van der Waals surface area contributed by atoms with Gasteiger partial charge in [-0.15, -0.1) is 0 Å². The fourth-order valence-electron chi connectivity index (χ4n) is 1.15. The molecule has 0 saturated carbocycles. The van der Waals surface area contributed by atoms with Crippen LogP contribution in [0.4, 0.5) is 0 Å². The molecule has 0 radical (unpaired) electrons. The van der Waals surface area contributed by atoms with Crippen LogP contribution in [0.3, 0.4) is 0 Å². The zero-order valence-corrected chi connectivity index (χ0v) is 9.54. The van der Waals surface area contributed by atoms with E-state index in [1.165, 1.54) is 5.56 Å². The van der Waals surface area contributed by atoms with E-state index in [0.29, 0.717) is 0 Å². The van der Waals surface area contributed by atoms with E-state index in [-0.39, 0.29) is 11.5 Å². The van der Waals surface area contributed by atoms with E-state index in [0.717, 1.165) is 12.1 Å². The summed E-state index contributed by atoms with van der Waals surface area (Å²) in [7, 11) is 0. The summed E-state index contributed by atoms with van der Waals surface area (Å²) in [5.41, 5.74) is 8.50. The Balaban J connectivity index is 2.65. The maximum atomic E-state index is 6.08. The van der Waals surface area contributed by atoms with Crippen LogP contribution >= 0.6 is 0 Å². The maximum Gasteiger partial charge on any atom is 0.0419 e. The summed E-state index contributed by atoms with van der Waals surface area (Å²) in [5.74, 6) is 0. The molecule has 0 fully saturated rings. The third-order valence-corrected chi connectivity index (χ3v) is 2.51. The number of hydrogen-bond acceptors (Lipinski definition) is 2. The van der Waals surface area contributed by atoms with Gasteiger partial charge >= 0.3 is 0 Å². The number of nitrogens with two attached hydrogens (primary N) is 1. The first-order valence-electron chi connectivity index (χ1n) is 5.06. The molecule has 0 saturated heterocycles. The molecule has 1 aromatic rings. The normalized spacial score (nSPS) is 14.1. The molecule has 0 aliphatic heterocycles. The van der Waals surface area contributed by atoms with Crippen LogP contribution < -0.4 is 5.73 Å². The highest BCUT2D eigenvalue weighted by atomic mass is 14.7. The fraction of sp³-hybridized carbons (Fsp3) is 0.583. The predicted octanol–water partition coefficient (Wildman–Crippen LogP) is 2.31. The van der Waals surface area contributed by atoms with Crippen LogP contribution in [0.2, 0.25) is 0 Å². The molecule has 2 nitrogen and oxygen atoms in total. The van der Waals surface area contributed by atoms with E-state index in [1.807, 2.05) is 13.1 Å². The topological polar surface area (TPSA) is 38.9 Å². The summed E-state index contributed by atoms with van der Waals surface area (Å²) in [5, 5.41) is 0. The standard InChI is InChI=1S/C12H20N2/c1-9-5-6-10(14-8-9)7-11(13)12(2,3)4/h5-6,8,11H,7,13H2,1-4H3. The Hall–Kier alpha value is -0.890. The molecular weight excluding hydrogens is 172 g/mol. The van der Waals surface area contributed by atoms with Crippen LogP contribution in [-0.2, 0) is 6.42 Å². The lowest BCUT2D eigenvalue weighted by Gasteiger charge is -2.26. The van der Waals surface area contributed by atoms with Crippen LogP contribution in [0.25, 0.3) is 0 Å². The predicted molar refractivity (Wildman–Crippen MR) is 60.1 cm³/mol. The summed E-state index contributed by atoms with van der Waals surface area (Å²) in [6.07, 6.45) is 2.74. The highest BCUT2D eigenvalue weighted by Gasteiger charge is 2.20. The molecule has 0 amide bonds. The molecule has 0 aromatic carbocycles. The monoisotopic (exact) mass is 192 g/mol. The first-order chi connectivity index (χ1) is 6.39. The van der Waals surface area contributed by atoms with Gasteiger partial charge in [-0.05, 0) is 24.0 Å². The molecule has 1 unspecified atom stereocenters. The summed E-state index contributed by atoms with van der Waals surface area (Å²) < 4.78 is 0. The van der Waals surface area contributed by atoms with Crippen molar-refractivity contribution in [2.45, 2.75) is 40.2 Å². The number of pyridine rings is 1. The van der Waals surface area contributed by atoms with E-state index in [9.17, 15) is 0 Å². The Morgan fingerprint density at radius 1 is 1.36 bits per heavy atom. The molecule has 78 valence electrons. The Bertz CT molecular complexity index is 282. The average molecular weight is 192 g/mol. The number of aromatic nitrogens is 1. The molecule has 0 spiro atoms. The molecule has 2 heteroatoms. The summed E-state index contributed by atoms with van der Waals surface area (Å²) in [6.45, 7) is 8.52. The van der Waals surface area contributed by atoms with Crippen molar-refractivity contribution in [3.05, 3.63) is 29.6 Å². The Kier molecular flexibility index (Phi) is 3.27. The Labute approximate surface area is 86.5 Å². The lowest BCUT2D eigenvalue weighted by Crippen LogP contribution is -2.37. The second kappa shape index (κ2) is 4.09. The van der Waals surface area contributed by atoms with Crippen molar-refractivity contribution in [2.24, 2.45) is 11.1 Å². The van der Waals surface area contributed by atoms with Crippen LogP contribution in [0.15, 0.2) is 18.3 Å². The van der Waals surface area contributed by atoms with Gasteiger partial charge in [-0.2, -0.15) is 0 Å². The molecule has 1 rings (SSSR count). The van der Waals surface area contributed by atoms with Crippen molar-refractivity contribution >= 4 is 0 Å². The molecule has 1 aromatic heterocycles. The lowest BCUT2D eigenvalue weighted by atomic mass is 9.85. The van der Waals surface area contributed by atoms with Gasteiger partial charge in [-0.3, -0.25) is 4.98 Å². The molecule has 0 bridgehead atoms. The highest BCUT2D eigenvalue weighted by molar-refractivity contribution is 5.13. The first kappa shape index (κ1) is 11.2. The van der Waals surface area contributed by atoms with Crippen molar-refractivity contribution < 1.29 is 0 Å². The minimum Gasteiger partial charge on any atom is -0.327 e. The zero-order valence-electron chi connectivity index (χ0n) is 9.54. The van der Waals surface area contributed by atoms with Gasteiger partial charge in [0.05, 0.1) is 0 Å². The van der Waals surface area contributed by atoms with Crippen molar-refractivity contribution in [3.63, 3.8) is 0 Å². The summed E-state index contributed by atoms with van der Waals surface area (Å²) in [4.78, 5) is 4.35. The molecule has 14 heavy (non-hydrogen) atoms. The van der Waals surface area contributed by atoms with E-state index in [4.69, 9.17) is 5.73 Å². The largest absolute Gasteiger partial charge is 0.327 e.